The Kier molecular flexibility index (Phi) is 6.00. The summed E-state index contributed by atoms with van der Waals surface area (Å²) in [6.07, 6.45) is 1.27. The molecule has 0 aromatic heterocycles. The number of hydrogen-bond acceptors (Lipinski definition) is 2. The lowest BCUT2D eigenvalue weighted by Gasteiger charge is -2.12. The van der Waals surface area contributed by atoms with Gasteiger partial charge < -0.3 is 0 Å². The summed E-state index contributed by atoms with van der Waals surface area (Å²) >= 11 is 0. The van der Waals surface area contributed by atoms with E-state index in [-0.39, 0.29) is 5.25 Å². The molecule has 0 N–H and O–H groups in total. The van der Waals surface area contributed by atoms with Crippen LogP contribution < -0.4 is 0 Å². The molecule has 2 unspecified atom stereocenters. The van der Waals surface area contributed by atoms with Gasteiger partial charge in [0.2, 0.25) is 0 Å². The zero-order valence-corrected chi connectivity index (χ0v) is 8.86. The largest absolute Gasteiger partial charge is 0.259 e. The van der Waals surface area contributed by atoms with E-state index in [1.165, 1.54) is 0 Å². The maximum atomic E-state index is 11.5. The third-order valence-electron chi connectivity index (χ3n) is 1.64. The summed E-state index contributed by atoms with van der Waals surface area (Å²) in [5, 5.41) is 8.55. The number of nitrogens with zero attached hydrogens (tertiary/aromatic N) is 1. The molecule has 2 nitrogen and oxygen atoms in total. The fourth-order valence-electron chi connectivity index (χ4n) is 0.990. The Labute approximate surface area is 77.4 Å². The summed E-state index contributed by atoms with van der Waals surface area (Å²) in [6.45, 7) is 6.09. The molecule has 0 radical (unpaired) electrons. The van der Waals surface area contributed by atoms with Crippen LogP contribution in [0, 0.1) is 17.2 Å². The molecule has 3 heteroatoms. The Morgan fingerprint density at radius 3 is 2.42 bits per heavy atom. The van der Waals surface area contributed by atoms with E-state index in [0.29, 0.717) is 12.3 Å². The summed E-state index contributed by atoms with van der Waals surface area (Å²) < 4.78 is 11.5. The molecular weight excluding hydrogens is 170 g/mol. The zero-order valence-electron chi connectivity index (χ0n) is 8.04. The van der Waals surface area contributed by atoms with Crippen molar-refractivity contribution in [1.82, 2.24) is 0 Å². The first kappa shape index (κ1) is 11.6. The van der Waals surface area contributed by atoms with Crippen molar-refractivity contribution in [2.75, 3.05) is 5.75 Å². The first-order chi connectivity index (χ1) is 5.61. The minimum atomic E-state index is -0.810. The second-order valence-electron chi connectivity index (χ2n) is 3.33. The highest BCUT2D eigenvalue weighted by molar-refractivity contribution is 7.85. The highest BCUT2D eigenvalue weighted by atomic mass is 32.2. The Hall–Kier alpha value is -0.360. The molecule has 0 saturated heterocycles. The normalized spacial score (nSPS) is 15.6. The number of rotatable bonds is 5. The van der Waals surface area contributed by atoms with Crippen LogP contribution in [0.2, 0.25) is 0 Å². The molecule has 0 saturated carbocycles. The van der Waals surface area contributed by atoms with E-state index in [1.54, 1.807) is 0 Å². The van der Waals surface area contributed by atoms with E-state index >= 15 is 0 Å². The number of nitriles is 1. The van der Waals surface area contributed by atoms with Gasteiger partial charge in [0.05, 0.1) is 6.07 Å². The van der Waals surface area contributed by atoms with Crippen molar-refractivity contribution in [2.24, 2.45) is 5.92 Å². The molecule has 0 amide bonds. The van der Waals surface area contributed by atoms with Gasteiger partial charge in [-0.2, -0.15) is 5.26 Å². The molecule has 0 heterocycles. The summed E-state index contributed by atoms with van der Waals surface area (Å²) in [5.41, 5.74) is 0. The van der Waals surface area contributed by atoms with Gasteiger partial charge in [-0.1, -0.05) is 20.8 Å². The second-order valence-corrected chi connectivity index (χ2v) is 5.10. The molecular formula is C9H17NOS. The van der Waals surface area contributed by atoms with E-state index in [1.807, 2.05) is 6.92 Å². The summed E-state index contributed by atoms with van der Waals surface area (Å²) in [6, 6.07) is 2.08. The van der Waals surface area contributed by atoms with Crippen molar-refractivity contribution in [3.63, 3.8) is 0 Å². The molecule has 0 spiro atoms. The summed E-state index contributed by atoms with van der Waals surface area (Å²) in [7, 11) is -0.810. The van der Waals surface area contributed by atoms with Crippen molar-refractivity contribution in [1.29, 1.82) is 5.26 Å². The van der Waals surface area contributed by atoms with E-state index in [4.69, 9.17) is 5.26 Å². The van der Waals surface area contributed by atoms with Crippen LogP contribution in [-0.2, 0) is 10.8 Å². The van der Waals surface area contributed by atoms with Crippen molar-refractivity contribution in [3.8, 4) is 6.07 Å². The van der Waals surface area contributed by atoms with Crippen LogP contribution >= 0.6 is 0 Å². The Balaban J connectivity index is 3.96. The molecule has 0 aliphatic heterocycles. The minimum Gasteiger partial charge on any atom is -0.259 e. The van der Waals surface area contributed by atoms with Gasteiger partial charge in [-0.3, -0.25) is 4.21 Å². The van der Waals surface area contributed by atoms with E-state index in [9.17, 15) is 4.21 Å². The highest BCUT2D eigenvalue weighted by Crippen LogP contribution is 2.09. The predicted octanol–water partition coefficient (Wildman–Crippen LogP) is 2.08. The SMILES string of the molecule is CCC(CC#N)S(=O)CC(C)C. The van der Waals surface area contributed by atoms with Gasteiger partial charge in [0, 0.05) is 28.2 Å². The third kappa shape index (κ3) is 4.50. The standard InChI is InChI=1S/C9H17NOS/c1-4-9(5-6-10)12(11)7-8(2)3/h8-9H,4-5,7H2,1-3H3. The quantitative estimate of drug-likeness (QED) is 0.661. The van der Waals surface area contributed by atoms with E-state index in [2.05, 4.69) is 19.9 Å². The monoisotopic (exact) mass is 187 g/mol. The lowest BCUT2D eigenvalue weighted by atomic mass is 10.3. The van der Waals surface area contributed by atoms with Crippen molar-refractivity contribution in [2.45, 2.75) is 38.9 Å². The molecule has 0 aliphatic rings. The summed E-state index contributed by atoms with van der Waals surface area (Å²) in [4.78, 5) is 0. The molecule has 0 rings (SSSR count). The van der Waals surface area contributed by atoms with Crippen molar-refractivity contribution < 1.29 is 4.21 Å². The Morgan fingerprint density at radius 2 is 2.08 bits per heavy atom. The van der Waals surface area contributed by atoms with Gasteiger partial charge in [-0.25, -0.2) is 0 Å². The third-order valence-corrected chi connectivity index (χ3v) is 3.88. The van der Waals surface area contributed by atoms with Crippen LogP contribution in [0.15, 0.2) is 0 Å². The molecule has 0 aromatic rings. The molecule has 2 atom stereocenters. The lowest BCUT2D eigenvalue weighted by Crippen LogP contribution is -2.18. The molecule has 0 fully saturated rings. The second kappa shape index (κ2) is 6.19. The molecule has 0 aliphatic carbocycles. The van der Waals surface area contributed by atoms with E-state index in [0.717, 1.165) is 12.2 Å². The maximum Gasteiger partial charge on any atom is 0.0634 e. The average Bonchev–Trinajstić information content (AvgIpc) is 1.98. The van der Waals surface area contributed by atoms with Gasteiger partial charge in [-0.05, 0) is 12.3 Å². The van der Waals surface area contributed by atoms with Crippen molar-refractivity contribution in [3.05, 3.63) is 0 Å². The van der Waals surface area contributed by atoms with E-state index < -0.39 is 10.8 Å². The van der Waals surface area contributed by atoms with Crippen LogP contribution in [0.25, 0.3) is 0 Å². The van der Waals surface area contributed by atoms with Crippen LogP contribution in [0.3, 0.4) is 0 Å². The van der Waals surface area contributed by atoms with Crippen LogP contribution in [-0.4, -0.2) is 15.2 Å². The molecule has 12 heavy (non-hydrogen) atoms. The highest BCUT2D eigenvalue weighted by Gasteiger charge is 2.14. The fourth-order valence-corrected chi connectivity index (χ4v) is 2.55. The lowest BCUT2D eigenvalue weighted by molar-refractivity contribution is 0.646. The predicted molar refractivity (Wildman–Crippen MR) is 52.2 cm³/mol. The maximum absolute atomic E-state index is 11.5. The topological polar surface area (TPSA) is 40.9 Å². The number of hydrogen-bond donors (Lipinski definition) is 0. The zero-order chi connectivity index (χ0) is 9.56. The van der Waals surface area contributed by atoms with Gasteiger partial charge in [0.25, 0.3) is 0 Å². The van der Waals surface area contributed by atoms with Gasteiger partial charge in [0.15, 0.2) is 0 Å². The first-order valence-electron chi connectivity index (χ1n) is 4.35. The first-order valence-corrected chi connectivity index (χ1v) is 5.74. The fraction of sp³-hybridized carbons (Fsp3) is 0.889. The van der Waals surface area contributed by atoms with Crippen LogP contribution in [0.5, 0.6) is 0 Å². The molecule has 0 aromatic carbocycles. The average molecular weight is 187 g/mol. The molecule has 70 valence electrons. The minimum absolute atomic E-state index is 0.0809. The molecule has 0 bridgehead atoms. The Morgan fingerprint density at radius 1 is 1.50 bits per heavy atom. The summed E-state index contributed by atoms with van der Waals surface area (Å²) in [5.74, 6) is 1.18. The smallest absolute Gasteiger partial charge is 0.0634 e. The van der Waals surface area contributed by atoms with Gasteiger partial charge >= 0.3 is 0 Å². The Bertz CT molecular complexity index is 183. The van der Waals surface area contributed by atoms with Crippen LogP contribution in [0.4, 0.5) is 0 Å². The van der Waals surface area contributed by atoms with Crippen LogP contribution in [0.1, 0.15) is 33.6 Å². The van der Waals surface area contributed by atoms with Gasteiger partial charge in [0.1, 0.15) is 0 Å². The van der Waals surface area contributed by atoms with Gasteiger partial charge in [-0.15, -0.1) is 0 Å². The van der Waals surface area contributed by atoms with Crippen molar-refractivity contribution >= 4 is 10.8 Å².